The van der Waals surface area contributed by atoms with Gasteiger partial charge in [-0.2, -0.15) is 5.10 Å². The van der Waals surface area contributed by atoms with Gasteiger partial charge in [-0.25, -0.2) is 4.68 Å². The lowest BCUT2D eigenvalue weighted by Crippen LogP contribution is -2.36. The molecule has 0 spiro atoms. The lowest BCUT2D eigenvalue weighted by atomic mass is 9.96. The molecule has 0 saturated heterocycles. The summed E-state index contributed by atoms with van der Waals surface area (Å²) in [5.74, 6) is 0.790. The van der Waals surface area contributed by atoms with Crippen molar-refractivity contribution >= 4 is 23.3 Å². The molecule has 2 aliphatic rings. The molecule has 3 N–H and O–H groups in total. The fraction of sp³-hybridized carbons (Fsp3) is 0.174. The molecule has 1 aromatic heterocycles. The number of anilines is 2. The Kier molecular flexibility index (Phi) is 4.47. The first kappa shape index (κ1) is 18.9. The van der Waals surface area contributed by atoms with Gasteiger partial charge >= 0.3 is 0 Å². The van der Waals surface area contributed by atoms with Crippen LogP contribution in [-0.4, -0.2) is 41.3 Å². The number of benzene rings is 2. The van der Waals surface area contributed by atoms with E-state index in [1.54, 1.807) is 9.58 Å². The zero-order valence-electron chi connectivity index (χ0n) is 16.8. The van der Waals surface area contributed by atoms with Gasteiger partial charge in [0.15, 0.2) is 5.82 Å². The molecule has 0 unspecified atom stereocenters. The molecule has 0 fully saturated rings. The van der Waals surface area contributed by atoms with E-state index in [-0.39, 0.29) is 11.8 Å². The van der Waals surface area contributed by atoms with Gasteiger partial charge in [0.1, 0.15) is 12.4 Å². The first-order valence-corrected chi connectivity index (χ1v) is 10.0. The maximum atomic E-state index is 12.2. The molecule has 8 nitrogen and oxygen atoms in total. The summed E-state index contributed by atoms with van der Waals surface area (Å²) in [6, 6.07) is 11.2. The van der Waals surface area contributed by atoms with Crippen LogP contribution in [-0.2, 0) is 11.2 Å². The number of nitrogen functional groups attached to an aromatic ring is 1. The van der Waals surface area contributed by atoms with E-state index >= 15 is 0 Å². The van der Waals surface area contributed by atoms with Gasteiger partial charge in [-0.05, 0) is 47.9 Å². The molecular weight excluding hydrogens is 394 g/mol. The first-order chi connectivity index (χ1) is 15.0. The van der Waals surface area contributed by atoms with Crippen LogP contribution < -0.4 is 20.7 Å². The number of nitrogens with zero attached hydrogens (tertiary/aromatic N) is 3. The third-order valence-corrected chi connectivity index (χ3v) is 5.59. The third-order valence-electron chi connectivity index (χ3n) is 5.59. The minimum Gasteiger partial charge on any atom is -0.490 e. The quantitative estimate of drug-likeness (QED) is 0.639. The van der Waals surface area contributed by atoms with Crippen molar-refractivity contribution in [3.8, 4) is 22.6 Å². The molecule has 31 heavy (non-hydrogen) atoms. The molecule has 0 atom stereocenters. The normalized spacial score (nSPS) is 14.8. The maximum Gasteiger partial charge on any atom is 0.251 e. The van der Waals surface area contributed by atoms with Crippen molar-refractivity contribution in [2.24, 2.45) is 0 Å². The van der Waals surface area contributed by atoms with Gasteiger partial charge in [-0.15, -0.1) is 0 Å². The summed E-state index contributed by atoms with van der Waals surface area (Å²) < 4.78 is 7.37. The number of carbonyl (C=O) groups excluding carboxylic acids is 2. The van der Waals surface area contributed by atoms with E-state index < -0.39 is 0 Å². The molecule has 2 aliphatic heterocycles. The van der Waals surface area contributed by atoms with Crippen LogP contribution in [0.2, 0.25) is 0 Å². The minimum absolute atomic E-state index is 0.0497. The Morgan fingerprint density at radius 2 is 2.10 bits per heavy atom. The number of carbonyl (C=O) groups is 2. The van der Waals surface area contributed by atoms with Crippen LogP contribution in [0.15, 0.2) is 55.3 Å². The molecule has 0 radical (unpaired) electrons. The number of aromatic nitrogens is 2. The smallest absolute Gasteiger partial charge is 0.251 e. The number of hydrogen-bond acceptors (Lipinski definition) is 5. The molecule has 3 aromatic rings. The van der Waals surface area contributed by atoms with Crippen LogP contribution in [0.3, 0.4) is 0 Å². The average molecular weight is 415 g/mol. The predicted octanol–water partition coefficient (Wildman–Crippen LogP) is 2.32. The fourth-order valence-corrected chi connectivity index (χ4v) is 4.03. The van der Waals surface area contributed by atoms with Gasteiger partial charge in [-0.1, -0.05) is 18.7 Å². The van der Waals surface area contributed by atoms with Crippen LogP contribution >= 0.6 is 0 Å². The number of fused-ring (bicyclic) bond motifs is 2. The zero-order valence-corrected chi connectivity index (χ0v) is 16.8. The molecular formula is C23H21N5O3. The molecule has 156 valence electrons. The third kappa shape index (κ3) is 3.22. The Balaban J connectivity index is 1.53. The van der Waals surface area contributed by atoms with Crippen LogP contribution in [0.5, 0.6) is 5.75 Å². The number of nitrogens with two attached hydrogens (primary N) is 1. The molecule has 8 heteroatoms. The molecule has 0 saturated carbocycles. The molecule has 3 heterocycles. The summed E-state index contributed by atoms with van der Waals surface area (Å²) in [7, 11) is 0. The Morgan fingerprint density at radius 3 is 2.94 bits per heavy atom. The minimum atomic E-state index is -0.180. The van der Waals surface area contributed by atoms with Crippen molar-refractivity contribution in [2.45, 2.75) is 6.42 Å². The predicted molar refractivity (Wildman–Crippen MR) is 117 cm³/mol. The number of ether oxygens (including phenoxy) is 1. The second-order valence-electron chi connectivity index (χ2n) is 7.44. The van der Waals surface area contributed by atoms with Gasteiger partial charge < -0.3 is 20.7 Å². The van der Waals surface area contributed by atoms with Crippen molar-refractivity contribution in [1.82, 2.24) is 15.1 Å². The van der Waals surface area contributed by atoms with E-state index in [1.807, 2.05) is 42.6 Å². The van der Waals surface area contributed by atoms with E-state index in [4.69, 9.17) is 10.5 Å². The van der Waals surface area contributed by atoms with E-state index in [2.05, 4.69) is 17.0 Å². The zero-order chi connectivity index (χ0) is 21.5. The van der Waals surface area contributed by atoms with Crippen LogP contribution in [0, 0.1) is 0 Å². The Bertz CT molecular complexity index is 1230. The number of rotatable bonds is 3. The summed E-state index contributed by atoms with van der Waals surface area (Å²) in [6.45, 7) is 5.09. The summed E-state index contributed by atoms with van der Waals surface area (Å²) in [6.07, 6.45) is 3.92. The average Bonchev–Trinajstić information content (AvgIpc) is 3.19. The maximum absolute atomic E-state index is 12.2. The number of amides is 2. The molecule has 0 aliphatic carbocycles. The Labute approximate surface area is 178 Å². The highest BCUT2D eigenvalue weighted by molar-refractivity contribution is 6.02. The van der Waals surface area contributed by atoms with Crippen LogP contribution in [0.4, 0.5) is 11.5 Å². The molecule has 0 bridgehead atoms. The second-order valence-corrected chi connectivity index (χ2v) is 7.44. The monoisotopic (exact) mass is 415 g/mol. The standard InChI is InChI=1S/C23H21N5O3/c1-2-21(29)27-9-10-31-20-6-4-16(12-19(20)27)28-13-18(22(24)26-28)14-3-5-17-15(11-14)7-8-25-23(17)30/h2-6,11-13H,1,7-10H2,(H2,24,26)(H,25,30). The van der Waals surface area contributed by atoms with E-state index in [1.165, 1.54) is 6.08 Å². The van der Waals surface area contributed by atoms with Gasteiger partial charge in [0.2, 0.25) is 0 Å². The van der Waals surface area contributed by atoms with E-state index in [0.29, 0.717) is 42.5 Å². The topological polar surface area (TPSA) is 102 Å². The van der Waals surface area contributed by atoms with Crippen LogP contribution in [0.1, 0.15) is 15.9 Å². The SMILES string of the molecule is C=CC(=O)N1CCOc2ccc(-n3cc(-c4ccc5c(c4)CCNC5=O)c(N)n3)cc21. The fourth-order valence-electron chi connectivity index (χ4n) is 4.03. The largest absolute Gasteiger partial charge is 0.490 e. The van der Waals surface area contributed by atoms with Gasteiger partial charge in [0, 0.05) is 23.9 Å². The summed E-state index contributed by atoms with van der Waals surface area (Å²) in [4.78, 5) is 25.9. The van der Waals surface area contributed by atoms with E-state index in [9.17, 15) is 9.59 Å². The summed E-state index contributed by atoms with van der Waals surface area (Å²) in [5.41, 5.74) is 11.0. The molecule has 2 amide bonds. The highest BCUT2D eigenvalue weighted by Gasteiger charge is 2.23. The van der Waals surface area contributed by atoms with Crippen LogP contribution in [0.25, 0.3) is 16.8 Å². The summed E-state index contributed by atoms with van der Waals surface area (Å²) in [5, 5.41) is 7.32. The summed E-state index contributed by atoms with van der Waals surface area (Å²) >= 11 is 0. The number of nitrogens with one attached hydrogen (secondary N) is 1. The van der Waals surface area contributed by atoms with Crippen molar-refractivity contribution in [2.75, 3.05) is 30.3 Å². The lowest BCUT2D eigenvalue weighted by molar-refractivity contribution is -0.114. The van der Waals surface area contributed by atoms with Crippen molar-refractivity contribution in [1.29, 1.82) is 0 Å². The van der Waals surface area contributed by atoms with Crippen molar-refractivity contribution in [3.05, 3.63) is 66.4 Å². The van der Waals surface area contributed by atoms with Crippen molar-refractivity contribution < 1.29 is 14.3 Å². The Morgan fingerprint density at radius 1 is 1.23 bits per heavy atom. The molecule has 2 aromatic carbocycles. The van der Waals surface area contributed by atoms with Gasteiger partial charge in [-0.3, -0.25) is 9.59 Å². The van der Waals surface area contributed by atoms with Gasteiger partial charge in [0.05, 0.1) is 17.9 Å². The van der Waals surface area contributed by atoms with E-state index in [0.717, 1.165) is 28.8 Å². The van der Waals surface area contributed by atoms with Crippen molar-refractivity contribution in [3.63, 3.8) is 0 Å². The number of hydrogen-bond donors (Lipinski definition) is 2. The van der Waals surface area contributed by atoms with Gasteiger partial charge in [0.25, 0.3) is 11.8 Å². The Hall–Kier alpha value is -4.07. The highest BCUT2D eigenvalue weighted by Crippen LogP contribution is 2.35. The highest BCUT2D eigenvalue weighted by atomic mass is 16.5. The molecule has 5 rings (SSSR count). The first-order valence-electron chi connectivity index (χ1n) is 10.0. The lowest BCUT2D eigenvalue weighted by Gasteiger charge is -2.29. The second kappa shape index (κ2) is 7.32.